The number of ether oxygens (including phenoxy) is 1. The van der Waals surface area contributed by atoms with E-state index in [1.165, 1.54) is 0 Å². The molecule has 0 saturated heterocycles. The summed E-state index contributed by atoms with van der Waals surface area (Å²) in [5, 5.41) is 0. The van der Waals surface area contributed by atoms with Gasteiger partial charge in [-0.25, -0.2) is 4.79 Å². The maximum Gasteiger partial charge on any atom is 0.334 e. The molecule has 3 heteroatoms. The monoisotopic (exact) mass is 279 g/mol. The summed E-state index contributed by atoms with van der Waals surface area (Å²) in [5.41, 5.74) is 6.95. The highest BCUT2D eigenvalue weighted by Gasteiger charge is 2.51. The molecule has 0 aromatic heterocycles. The number of rotatable bonds is 2. The fourth-order valence-electron chi connectivity index (χ4n) is 3.69. The van der Waals surface area contributed by atoms with Crippen LogP contribution >= 0.6 is 0 Å². The van der Waals surface area contributed by atoms with Crippen molar-refractivity contribution in [1.82, 2.24) is 0 Å². The van der Waals surface area contributed by atoms with Gasteiger partial charge < -0.3 is 10.5 Å². The SMILES string of the molecule is C=C1C(C)(N)C=C(C(=O)OCC)C(C(C)(C)C)C1(C)C. The van der Waals surface area contributed by atoms with Crippen LogP contribution in [0.2, 0.25) is 0 Å². The first kappa shape index (κ1) is 17.0. The van der Waals surface area contributed by atoms with Crippen LogP contribution in [0.3, 0.4) is 0 Å². The average Bonchev–Trinajstić information content (AvgIpc) is 2.23. The number of nitrogens with two attached hydrogens (primary N) is 1. The molecule has 0 saturated carbocycles. The van der Waals surface area contributed by atoms with Gasteiger partial charge in [0.1, 0.15) is 0 Å². The highest BCUT2D eigenvalue weighted by Crippen LogP contribution is 2.54. The lowest BCUT2D eigenvalue weighted by atomic mass is 9.54. The molecule has 0 aromatic carbocycles. The molecule has 1 rings (SSSR count). The van der Waals surface area contributed by atoms with E-state index < -0.39 is 5.54 Å². The van der Waals surface area contributed by atoms with Crippen LogP contribution in [-0.2, 0) is 9.53 Å². The van der Waals surface area contributed by atoms with Gasteiger partial charge in [0.15, 0.2) is 0 Å². The highest BCUT2D eigenvalue weighted by molar-refractivity contribution is 5.90. The summed E-state index contributed by atoms with van der Waals surface area (Å²) >= 11 is 0. The second kappa shape index (κ2) is 5.03. The molecule has 114 valence electrons. The largest absolute Gasteiger partial charge is 0.463 e. The van der Waals surface area contributed by atoms with Gasteiger partial charge >= 0.3 is 5.97 Å². The van der Waals surface area contributed by atoms with Crippen molar-refractivity contribution in [3.63, 3.8) is 0 Å². The minimum Gasteiger partial charge on any atom is -0.463 e. The van der Waals surface area contributed by atoms with Gasteiger partial charge in [-0.05, 0) is 30.3 Å². The smallest absolute Gasteiger partial charge is 0.334 e. The third kappa shape index (κ3) is 2.83. The molecule has 0 aliphatic heterocycles. The maximum absolute atomic E-state index is 12.4. The molecule has 0 aromatic rings. The van der Waals surface area contributed by atoms with Gasteiger partial charge in [0.05, 0.1) is 12.1 Å². The second-order valence-corrected chi connectivity index (χ2v) is 7.60. The molecule has 1 aliphatic carbocycles. The third-order valence-electron chi connectivity index (χ3n) is 4.29. The van der Waals surface area contributed by atoms with Gasteiger partial charge in [0, 0.05) is 11.5 Å². The maximum atomic E-state index is 12.4. The van der Waals surface area contributed by atoms with Crippen molar-refractivity contribution >= 4 is 5.97 Å². The van der Waals surface area contributed by atoms with Crippen LogP contribution in [0.4, 0.5) is 0 Å². The van der Waals surface area contributed by atoms with Crippen LogP contribution in [-0.4, -0.2) is 18.1 Å². The van der Waals surface area contributed by atoms with E-state index >= 15 is 0 Å². The number of hydrogen-bond donors (Lipinski definition) is 1. The molecule has 0 bridgehead atoms. The Morgan fingerprint density at radius 2 is 1.90 bits per heavy atom. The highest BCUT2D eigenvalue weighted by atomic mass is 16.5. The molecule has 1 aliphatic rings. The van der Waals surface area contributed by atoms with Gasteiger partial charge in [-0.3, -0.25) is 0 Å². The predicted molar refractivity (Wildman–Crippen MR) is 83.2 cm³/mol. The van der Waals surface area contributed by atoms with Crippen LogP contribution in [0.15, 0.2) is 23.8 Å². The minimum atomic E-state index is -0.687. The molecule has 20 heavy (non-hydrogen) atoms. The van der Waals surface area contributed by atoms with Crippen LogP contribution in [0, 0.1) is 16.7 Å². The third-order valence-corrected chi connectivity index (χ3v) is 4.29. The van der Waals surface area contributed by atoms with Crippen LogP contribution in [0.5, 0.6) is 0 Å². The lowest BCUT2D eigenvalue weighted by molar-refractivity contribution is -0.140. The van der Waals surface area contributed by atoms with Crippen molar-refractivity contribution in [3.8, 4) is 0 Å². The van der Waals surface area contributed by atoms with Gasteiger partial charge in [-0.2, -0.15) is 0 Å². The summed E-state index contributed by atoms with van der Waals surface area (Å²) in [5.74, 6) is -0.233. The molecule has 0 amide bonds. The fourth-order valence-corrected chi connectivity index (χ4v) is 3.69. The second-order valence-electron chi connectivity index (χ2n) is 7.60. The summed E-state index contributed by atoms with van der Waals surface area (Å²) in [6.45, 7) is 18.9. The Kier molecular flexibility index (Phi) is 4.27. The summed E-state index contributed by atoms with van der Waals surface area (Å²) in [6, 6.07) is 0. The van der Waals surface area contributed by atoms with Gasteiger partial charge in [0.25, 0.3) is 0 Å². The lowest BCUT2D eigenvalue weighted by Gasteiger charge is -2.51. The van der Waals surface area contributed by atoms with Crippen LogP contribution < -0.4 is 5.73 Å². The van der Waals surface area contributed by atoms with E-state index in [0.717, 1.165) is 5.57 Å². The van der Waals surface area contributed by atoms with E-state index in [0.29, 0.717) is 12.2 Å². The zero-order valence-electron chi connectivity index (χ0n) is 14.0. The Morgan fingerprint density at radius 3 is 2.30 bits per heavy atom. The van der Waals surface area contributed by atoms with Crippen molar-refractivity contribution in [1.29, 1.82) is 0 Å². The van der Waals surface area contributed by atoms with E-state index in [9.17, 15) is 4.79 Å². The number of carbonyl (C=O) groups is 1. The summed E-state index contributed by atoms with van der Waals surface area (Å²) in [6.07, 6.45) is 1.84. The van der Waals surface area contributed by atoms with Crippen molar-refractivity contribution < 1.29 is 9.53 Å². The predicted octanol–water partition coefficient (Wildman–Crippen LogP) is 3.45. The zero-order chi connectivity index (χ0) is 15.9. The van der Waals surface area contributed by atoms with Crippen molar-refractivity contribution in [2.24, 2.45) is 22.5 Å². The van der Waals surface area contributed by atoms with E-state index in [1.807, 2.05) is 19.9 Å². The Morgan fingerprint density at radius 1 is 1.40 bits per heavy atom. The quantitative estimate of drug-likeness (QED) is 0.622. The first-order valence-electron chi connectivity index (χ1n) is 7.24. The van der Waals surface area contributed by atoms with E-state index in [2.05, 4.69) is 41.2 Å². The minimum absolute atomic E-state index is 0.0261. The van der Waals surface area contributed by atoms with Crippen molar-refractivity contribution in [2.45, 2.75) is 54.0 Å². The molecule has 0 fully saturated rings. The molecule has 3 nitrogen and oxygen atoms in total. The molecule has 2 atom stereocenters. The fraction of sp³-hybridized carbons (Fsp3) is 0.706. The first-order valence-corrected chi connectivity index (χ1v) is 7.24. The van der Waals surface area contributed by atoms with E-state index in [-0.39, 0.29) is 22.7 Å². The van der Waals surface area contributed by atoms with Crippen LogP contribution in [0.25, 0.3) is 0 Å². The van der Waals surface area contributed by atoms with Crippen LogP contribution in [0.1, 0.15) is 48.5 Å². The molecular formula is C17H29NO2. The zero-order valence-corrected chi connectivity index (χ0v) is 14.0. The normalized spacial score (nSPS) is 29.9. The van der Waals surface area contributed by atoms with Gasteiger partial charge in [-0.15, -0.1) is 0 Å². The molecule has 0 radical (unpaired) electrons. The number of carbonyl (C=O) groups excluding carboxylic acids is 1. The molecule has 0 heterocycles. The topological polar surface area (TPSA) is 52.3 Å². The molecule has 2 N–H and O–H groups in total. The van der Waals surface area contributed by atoms with Gasteiger partial charge in [-0.1, -0.05) is 47.3 Å². The average molecular weight is 279 g/mol. The van der Waals surface area contributed by atoms with Gasteiger partial charge in [0.2, 0.25) is 0 Å². The van der Waals surface area contributed by atoms with E-state index in [4.69, 9.17) is 10.5 Å². The standard InChI is InChI=1S/C17H29NO2/c1-9-20-14(19)12-10-17(8,18)11(2)16(6,7)13(12)15(3,4)5/h10,13H,2,9,18H2,1,3-8H3. The Bertz CT molecular complexity index is 450. The Balaban J connectivity index is 3.49. The molecule has 0 spiro atoms. The number of hydrogen-bond acceptors (Lipinski definition) is 3. The van der Waals surface area contributed by atoms with E-state index in [1.54, 1.807) is 0 Å². The molecule has 2 unspecified atom stereocenters. The summed E-state index contributed by atoms with van der Waals surface area (Å²) in [7, 11) is 0. The first-order chi connectivity index (χ1) is 8.85. The lowest BCUT2D eigenvalue weighted by Crippen LogP contribution is -2.52. The molecular weight excluding hydrogens is 250 g/mol. The Labute approximate surface area is 123 Å². The van der Waals surface area contributed by atoms with Crippen molar-refractivity contribution in [3.05, 3.63) is 23.8 Å². The summed E-state index contributed by atoms with van der Waals surface area (Å²) < 4.78 is 5.24. The number of esters is 1. The Hall–Kier alpha value is -1.09. The summed E-state index contributed by atoms with van der Waals surface area (Å²) in [4.78, 5) is 12.4. The van der Waals surface area contributed by atoms with Crippen molar-refractivity contribution in [2.75, 3.05) is 6.61 Å².